The lowest BCUT2D eigenvalue weighted by molar-refractivity contribution is -0.141. The molecule has 1 aliphatic heterocycles. The third-order valence-electron chi connectivity index (χ3n) is 3.45. The lowest BCUT2D eigenvalue weighted by Gasteiger charge is -2.32. The Morgan fingerprint density at radius 2 is 2.05 bits per heavy atom. The molecule has 2 aromatic heterocycles. The molecule has 104 valence electrons. The monoisotopic (exact) mass is 273 g/mol. The Balaban J connectivity index is 1.92. The number of hydrogen-bond donors (Lipinski definition) is 1. The molecule has 1 N–H and O–H groups in total. The van der Waals surface area contributed by atoms with Gasteiger partial charge in [-0.05, 0) is 18.9 Å². The number of anilines is 1. The molecule has 1 unspecified atom stereocenters. The molecule has 0 spiro atoms. The minimum atomic E-state index is -0.751. The zero-order valence-corrected chi connectivity index (χ0v) is 10.9. The smallest absolute Gasteiger partial charge is 0.308 e. The highest BCUT2D eigenvalue weighted by molar-refractivity contribution is 5.71. The maximum atomic E-state index is 11.2. The van der Waals surface area contributed by atoms with Crippen molar-refractivity contribution in [3.8, 4) is 5.82 Å². The van der Waals surface area contributed by atoms with E-state index < -0.39 is 5.97 Å². The van der Waals surface area contributed by atoms with Gasteiger partial charge in [-0.3, -0.25) is 4.79 Å². The van der Waals surface area contributed by atoms with Gasteiger partial charge in [0.25, 0.3) is 0 Å². The molecule has 20 heavy (non-hydrogen) atoms. The van der Waals surface area contributed by atoms with E-state index in [1.165, 1.54) is 0 Å². The summed E-state index contributed by atoms with van der Waals surface area (Å²) in [6, 6.07) is 1.81. The summed E-state index contributed by atoms with van der Waals surface area (Å²) in [6.45, 7) is 1.25. The number of hydrogen-bond acceptors (Lipinski definition) is 5. The van der Waals surface area contributed by atoms with Crippen LogP contribution in [0.2, 0.25) is 0 Å². The van der Waals surface area contributed by atoms with Gasteiger partial charge in [-0.1, -0.05) is 0 Å². The van der Waals surface area contributed by atoms with Crippen molar-refractivity contribution in [2.24, 2.45) is 5.92 Å². The molecule has 0 saturated carbocycles. The van der Waals surface area contributed by atoms with Crippen molar-refractivity contribution in [2.45, 2.75) is 12.8 Å². The van der Waals surface area contributed by atoms with Crippen LogP contribution in [0.3, 0.4) is 0 Å². The third-order valence-corrected chi connectivity index (χ3v) is 3.45. The van der Waals surface area contributed by atoms with Gasteiger partial charge in [0, 0.05) is 37.9 Å². The second-order valence-electron chi connectivity index (χ2n) is 4.78. The van der Waals surface area contributed by atoms with Crippen molar-refractivity contribution < 1.29 is 9.90 Å². The highest BCUT2D eigenvalue weighted by Crippen LogP contribution is 2.25. The average Bonchev–Trinajstić information content (AvgIpc) is 3.01. The Hall–Kier alpha value is -2.44. The number of nitrogens with zero attached hydrogens (tertiary/aromatic N) is 5. The standard InChI is InChI=1S/C13H15N5O2/c19-13(20)10-3-1-7-17(9-10)11-12(15-6-5-14-11)18-8-2-4-16-18/h2,4-6,8,10H,1,3,7,9H2,(H,19,20). The summed E-state index contributed by atoms with van der Waals surface area (Å²) >= 11 is 0. The molecule has 3 rings (SSSR count). The zero-order chi connectivity index (χ0) is 13.9. The van der Waals surface area contributed by atoms with E-state index in [0.29, 0.717) is 24.6 Å². The molecule has 2 aromatic rings. The Kier molecular flexibility index (Phi) is 3.32. The van der Waals surface area contributed by atoms with Crippen LogP contribution in [0.4, 0.5) is 5.82 Å². The van der Waals surface area contributed by atoms with Gasteiger partial charge < -0.3 is 10.0 Å². The van der Waals surface area contributed by atoms with Crippen molar-refractivity contribution in [1.82, 2.24) is 19.7 Å². The molecule has 1 fully saturated rings. The maximum absolute atomic E-state index is 11.2. The molecule has 3 heterocycles. The molecule has 7 heteroatoms. The molecule has 0 radical (unpaired) electrons. The van der Waals surface area contributed by atoms with E-state index in [-0.39, 0.29) is 5.92 Å². The van der Waals surface area contributed by atoms with Gasteiger partial charge >= 0.3 is 5.97 Å². The van der Waals surface area contributed by atoms with Gasteiger partial charge in [-0.15, -0.1) is 0 Å². The summed E-state index contributed by atoms with van der Waals surface area (Å²) in [6.07, 6.45) is 8.25. The van der Waals surface area contributed by atoms with Crippen molar-refractivity contribution in [3.05, 3.63) is 30.9 Å². The Morgan fingerprint density at radius 3 is 2.75 bits per heavy atom. The number of carboxylic acids is 1. The quantitative estimate of drug-likeness (QED) is 0.896. The molecular weight excluding hydrogens is 258 g/mol. The van der Waals surface area contributed by atoms with Gasteiger partial charge in [-0.25, -0.2) is 14.6 Å². The highest BCUT2D eigenvalue weighted by atomic mass is 16.4. The number of rotatable bonds is 3. The second-order valence-corrected chi connectivity index (χ2v) is 4.78. The summed E-state index contributed by atoms with van der Waals surface area (Å²) in [7, 11) is 0. The van der Waals surface area contributed by atoms with E-state index in [1.54, 1.807) is 29.5 Å². The van der Waals surface area contributed by atoms with Gasteiger partial charge in [0.05, 0.1) is 5.92 Å². The minimum absolute atomic E-state index is 0.351. The first kappa shape index (κ1) is 12.6. The molecule has 7 nitrogen and oxygen atoms in total. The van der Waals surface area contributed by atoms with E-state index in [2.05, 4.69) is 15.1 Å². The summed E-state index contributed by atoms with van der Waals surface area (Å²) in [4.78, 5) is 21.8. The fourth-order valence-corrected chi connectivity index (χ4v) is 2.47. The predicted octanol–water partition coefficient (Wildman–Crippen LogP) is 0.963. The van der Waals surface area contributed by atoms with Crippen molar-refractivity contribution >= 4 is 11.8 Å². The summed E-state index contributed by atoms with van der Waals surface area (Å²) in [5.74, 6) is 0.209. The number of carboxylic acid groups (broad SMARTS) is 1. The van der Waals surface area contributed by atoms with Crippen LogP contribution in [-0.2, 0) is 4.79 Å². The van der Waals surface area contributed by atoms with Gasteiger partial charge in [0.15, 0.2) is 11.6 Å². The van der Waals surface area contributed by atoms with Crippen LogP contribution in [0.5, 0.6) is 0 Å². The molecule has 1 aliphatic rings. The van der Waals surface area contributed by atoms with Crippen LogP contribution in [0.1, 0.15) is 12.8 Å². The van der Waals surface area contributed by atoms with Crippen molar-refractivity contribution in [2.75, 3.05) is 18.0 Å². The number of aromatic nitrogens is 4. The van der Waals surface area contributed by atoms with Crippen LogP contribution in [0.25, 0.3) is 5.82 Å². The van der Waals surface area contributed by atoms with E-state index in [9.17, 15) is 9.90 Å². The van der Waals surface area contributed by atoms with Gasteiger partial charge in [0.2, 0.25) is 0 Å². The lowest BCUT2D eigenvalue weighted by atomic mass is 9.98. The van der Waals surface area contributed by atoms with Gasteiger partial charge in [-0.2, -0.15) is 5.10 Å². The van der Waals surface area contributed by atoms with E-state index in [1.807, 2.05) is 11.0 Å². The van der Waals surface area contributed by atoms with Crippen LogP contribution in [-0.4, -0.2) is 43.9 Å². The maximum Gasteiger partial charge on any atom is 0.308 e. The third kappa shape index (κ3) is 2.34. The van der Waals surface area contributed by atoms with E-state index in [0.717, 1.165) is 13.0 Å². The Bertz CT molecular complexity index is 599. The van der Waals surface area contributed by atoms with Crippen LogP contribution < -0.4 is 4.90 Å². The van der Waals surface area contributed by atoms with E-state index in [4.69, 9.17) is 0 Å². The molecule has 0 amide bonds. The number of carbonyl (C=O) groups is 1. The van der Waals surface area contributed by atoms with Crippen LogP contribution in [0.15, 0.2) is 30.9 Å². The fraction of sp³-hybridized carbons (Fsp3) is 0.385. The first-order valence-corrected chi connectivity index (χ1v) is 6.54. The largest absolute Gasteiger partial charge is 0.481 e. The molecule has 0 aromatic carbocycles. The van der Waals surface area contributed by atoms with Crippen molar-refractivity contribution in [3.63, 3.8) is 0 Å². The van der Waals surface area contributed by atoms with Gasteiger partial charge in [0.1, 0.15) is 0 Å². The Labute approximate surface area is 115 Å². The zero-order valence-electron chi connectivity index (χ0n) is 10.9. The molecule has 1 atom stereocenters. The van der Waals surface area contributed by atoms with E-state index >= 15 is 0 Å². The normalized spacial score (nSPS) is 19.0. The second kappa shape index (κ2) is 5.28. The van der Waals surface area contributed by atoms with Crippen LogP contribution in [0, 0.1) is 5.92 Å². The minimum Gasteiger partial charge on any atom is -0.481 e. The number of piperidine rings is 1. The lowest BCUT2D eigenvalue weighted by Crippen LogP contribution is -2.39. The number of aliphatic carboxylic acids is 1. The SMILES string of the molecule is O=C(O)C1CCCN(c2nccnc2-n2cccn2)C1. The molecule has 1 saturated heterocycles. The highest BCUT2D eigenvalue weighted by Gasteiger charge is 2.27. The molecule has 0 aliphatic carbocycles. The Morgan fingerprint density at radius 1 is 1.25 bits per heavy atom. The summed E-state index contributed by atoms with van der Waals surface area (Å²) in [5, 5.41) is 13.3. The fourth-order valence-electron chi connectivity index (χ4n) is 2.47. The first-order valence-electron chi connectivity index (χ1n) is 6.54. The summed E-state index contributed by atoms with van der Waals surface area (Å²) < 4.78 is 1.65. The average molecular weight is 273 g/mol. The summed E-state index contributed by atoms with van der Waals surface area (Å²) in [5.41, 5.74) is 0. The molecular formula is C13H15N5O2. The predicted molar refractivity (Wildman–Crippen MR) is 71.7 cm³/mol. The van der Waals surface area contributed by atoms with Crippen molar-refractivity contribution in [1.29, 1.82) is 0 Å². The molecule has 0 bridgehead atoms. The van der Waals surface area contributed by atoms with Crippen LogP contribution >= 0.6 is 0 Å². The topological polar surface area (TPSA) is 84.1 Å². The first-order chi connectivity index (χ1) is 9.75.